The van der Waals surface area contributed by atoms with Crippen molar-refractivity contribution in [2.24, 2.45) is 5.10 Å². The molecule has 30 heavy (non-hydrogen) atoms. The van der Waals surface area contributed by atoms with Gasteiger partial charge in [-0.2, -0.15) is 5.10 Å². The molecule has 0 aliphatic rings. The summed E-state index contributed by atoms with van der Waals surface area (Å²) in [5.41, 5.74) is 4.66. The molecule has 0 unspecified atom stereocenters. The maximum absolute atomic E-state index is 12.9. The molecule has 0 atom stereocenters. The Balaban J connectivity index is 1.45. The van der Waals surface area contributed by atoms with Crippen molar-refractivity contribution in [1.82, 2.24) is 5.43 Å². The van der Waals surface area contributed by atoms with Gasteiger partial charge in [-0.15, -0.1) is 0 Å². The molecule has 0 radical (unpaired) electrons. The fourth-order valence-corrected chi connectivity index (χ4v) is 2.54. The summed E-state index contributed by atoms with van der Waals surface area (Å²) in [4.78, 5) is 22.1. The summed E-state index contributed by atoms with van der Waals surface area (Å²) in [6, 6.07) is 19.0. The van der Waals surface area contributed by atoms with E-state index in [0.717, 1.165) is 11.1 Å². The van der Waals surface area contributed by atoms with Crippen molar-refractivity contribution in [3.05, 3.63) is 105 Å². The molecule has 0 bridgehead atoms. The molecule has 3 aromatic carbocycles. The summed E-state index contributed by atoms with van der Waals surface area (Å²) in [7, 11) is 0. The molecule has 152 valence electrons. The fourth-order valence-electron chi connectivity index (χ4n) is 2.54. The van der Waals surface area contributed by atoms with Gasteiger partial charge in [0.15, 0.2) is 0 Å². The molecule has 8 heteroatoms. The number of hydrazone groups is 1. The van der Waals surface area contributed by atoms with Gasteiger partial charge in [-0.05, 0) is 53.1 Å². The van der Waals surface area contributed by atoms with Gasteiger partial charge in [0, 0.05) is 12.1 Å². The smallest absolute Gasteiger partial charge is 0.269 e. The van der Waals surface area contributed by atoms with Gasteiger partial charge in [0.05, 0.1) is 17.6 Å². The van der Waals surface area contributed by atoms with E-state index in [1.165, 1.54) is 42.6 Å². The highest BCUT2D eigenvalue weighted by Gasteiger charge is 2.06. The van der Waals surface area contributed by atoms with Crippen LogP contribution in [0.4, 0.5) is 10.1 Å². The Labute approximate surface area is 172 Å². The number of ether oxygens (including phenoxy) is 1. The largest absolute Gasteiger partial charge is 0.489 e. The van der Waals surface area contributed by atoms with Crippen LogP contribution in [0.15, 0.2) is 77.9 Å². The second-order valence-corrected chi connectivity index (χ2v) is 6.38. The lowest BCUT2D eigenvalue weighted by atomic mass is 10.1. The van der Waals surface area contributed by atoms with Crippen molar-refractivity contribution >= 4 is 17.8 Å². The van der Waals surface area contributed by atoms with E-state index in [0.29, 0.717) is 17.9 Å². The minimum absolute atomic E-state index is 0.0257. The molecule has 0 spiro atoms. The number of amides is 1. The number of carbonyl (C=O) groups excluding carboxylic acids is 1. The monoisotopic (exact) mass is 407 g/mol. The summed E-state index contributed by atoms with van der Waals surface area (Å²) >= 11 is 0. The molecule has 0 fully saturated rings. The molecule has 0 aliphatic carbocycles. The zero-order chi connectivity index (χ0) is 21.3. The number of nitro groups is 1. The van der Waals surface area contributed by atoms with Crippen molar-refractivity contribution in [3.8, 4) is 5.75 Å². The molecule has 3 rings (SSSR count). The number of rotatable bonds is 8. The number of hydrogen-bond donors (Lipinski definition) is 1. The molecule has 0 aromatic heterocycles. The Bertz CT molecular complexity index is 1030. The third-order valence-electron chi connectivity index (χ3n) is 4.11. The highest BCUT2D eigenvalue weighted by Crippen LogP contribution is 2.14. The Morgan fingerprint density at radius 1 is 1.00 bits per heavy atom. The summed E-state index contributed by atoms with van der Waals surface area (Å²) < 4.78 is 18.5. The normalized spacial score (nSPS) is 10.7. The maximum atomic E-state index is 12.9. The summed E-state index contributed by atoms with van der Waals surface area (Å²) in [6.07, 6.45) is 1.56. The molecule has 1 amide bonds. The fraction of sp³-hybridized carbons (Fsp3) is 0.0909. The molecule has 1 N–H and O–H groups in total. The van der Waals surface area contributed by atoms with Gasteiger partial charge >= 0.3 is 0 Å². The van der Waals surface area contributed by atoms with Gasteiger partial charge in [0.2, 0.25) is 5.91 Å². The molecular weight excluding hydrogens is 389 g/mol. The first-order valence-corrected chi connectivity index (χ1v) is 9.02. The number of nitrogens with zero attached hydrogens (tertiary/aromatic N) is 2. The van der Waals surface area contributed by atoms with Crippen LogP contribution in [-0.4, -0.2) is 17.0 Å². The second-order valence-electron chi connectivity index (χ2n) is 6.38. The van der Waals surface area contributed by atoms with Crippen molar-refractivity contribution in [2.45, 2.75) is 13.0 Å². The molecule has 0 heterocycles. The van der Waals surface area contributed by atoms with Crippen LogP contribution < -0.4 is 10.2 Å². The Kier molecular flexibility index (Phi) is 6.83. The van der Waals surface area contributed by atoms with E-state index >= 15 is 0 Å². The highest BCUT2D eigenvalue weighted by atomic mass is 19.1. The first-order valence-electron chi connectivity index (χ1n) is 9.02. The summed E-state index contributed by atoms with van der Waals surface area (Å²) in [5, 5.41) is 14.5. The minimum Gasteiger partial charge on any atom is -0.489 e. The van der Waals surface area contributed by atoms with E-state index in [-0.39, 0.29) is 23.8 Å². The summed E-state index contributed by atoms with van der Waals surface area (Å²) in [5.74, 6) is 0.0280. The van der Waals surface area contributed by atoms with Gasteiger partial charge in [-0.3, -0.25) is 14.9 Å². The van der Waals surface area contributed by atoms with Crippen LogP contribution in [0.3, 0.4) is 0 Å². The average molecular weight is 407 g/mol. The van der Waals surface area contributed by atoms with Crippen molar-refractivity contribution in [1.29, 1.82) is 0 Å². The predicted molar refractivity (Wildman–Crippen MR) is 110 cm³/mol. The van der Waals surface area contributed by atoms with E-state index in [1.807, 2.05) is 0 Å². The van der Waals surface area contributed by atoms with Crippen LogP contribution in [-0.2, 0) is 17.8 Å². The minimum atomic E-state index is -0.493. The Hall–Kier alpha value is -4.07. The third kappa shape index (κ3) is 6.23. The molecule has 0 saturated heterocycles. The van der Waals surface area contributed by atoms with Crippen molar-refractivity contribution < 1.29 is 18.8 Å². The van der Waals surface area contributed by atoms with Gasteiger partial charge < -0.3 is 4.74 Å². The Morgan fingerprint density at radius 3 is 2.27 bits per heavy atom. The number of non-ortho nitro benzene ring substituents is 1. The maximum Gasteiger partial charge on any atom is 0.269 e. The lowest BCUT2D eigenvalue weighted by Gasteiger charge is -2.06. The average Bonchev–Trinajstić information content (AvgIpc) is 2.74. The van der Waals surface area contributed by atoms with Crippen LogP contribution in [0.25, 0.3) is 0 Å². The van der Waals surface area contributed by atoms with Gasteiger partial charge in [0.1, 0.15) is 18.2 Å². The highest BCUT2D eigenvalue weighted by molar-refractivity contribution is 5.83. The molecule has 0 aliphatic heterocycles. The standard InChI is InChI=1S/C22H18FN3O4/c23-19-7-1-18(2-8-19)15-30-21-11-5-17(6-12-21)14-24-25-22(27)13-16-3-9-20(10-4-16)26(28)29/h1-12,14H,13,15H2,(H,25,27)/b24-14-. The first kappa shape index (κ1) is 20.7. The van der Waals surface area contributed by atoms with Crippen LogP contribution in [0.1, 0.15) is 16.7 Å². The first-order chi connectivity index (χ1) is 14.5. The van der Waals surface area contributed by atoms with E-state index in [4.69, 9.17) is 4.74 Å². The summed E-state index contributed by atoms with van der Waals surface area (Å²) in [6.45, 7) is 0.326. The number of hydrogen-bond acceptors (Lipinski definition) is 5. The lowest BCUT2D eigenvalue weighted by molar-refractivity contribution is -0.384. The van der Waals surface area contributed by atoms with E-state index < -0.39 is 4.92 Å². The number of carbonyl (C=O) groups is 1. The van der Waals surface area contributed by atoms with Gasteiger partial charge in [-0.25, -0.2) is 9.82 Å². The predicted octanol–water partition coefficient (Wildman–Crippen LogP) is 4.01. The van der Waals surface area contributed by atoms with Gasteiger partial charge in [-0.1, -0.05) is 24.3 Å². The topological polar surface area (TPSA) is 93.8 Å². The lowest BCUT2D eigenvalue weighted by Crippen LogP contribution is -2.19. The van der Waals surface area contributed by atoms with Crippen LogP contribution in [0, 0.1) is 15.9 Å². The van der Waals surface area contributed by atoms with Crippen LogP contribution in [0.2, 0.25) is 0 Å². The van der Waals surface area contributed by atoms with Crippen molar-refractivity contribution in [2.75, 3.05) is 0 Å². The number of nitrogens with one attached hydrogen (secondary N) is 1. The number of halogens is 1. The van der Waals surface area contributed by atoms with Crippen LogP contribution in [0.5, 0.6) is 5.75 Å². The molecule has 7 nitrogen and oxygen atoms in total. The molecule has 3 aromatic rings. The van der Waals surface area contributed by atoms with E-state index in [2.05, 4.69) is 10.5 Å². The van der Waals surface area contributed by atoms with E-state index in [9.17, 15) is 19.3 Å². The van der Waals surface area contributed by atoms with Crippen molar-refractivity contribution in [3.63, 3.8) is 0 Å². The third-order valence-corrected chi connectivity index (χ3v) is 4.11. The SMILES string of the molecule is O=C(Cc1ccc([N+](=O)[O-])cc1)N/N=C\c1ccc(OCc2ccc(F)cc2)cc1. The zero-order valence-corrected chi connectivity index (χ0v) is 15.8. The number of benzene rings is 3. The quantitative estimate of drug-likeness (QED) is 0.347. The zero-order valence-electron chi connectivity index (χ0n) is 15.8. The second kappa shape index (κ2) is 9.92. The van der Waals surface area contributed by atoms with Gasteiger partial charge in [0.25, 0.3) is 5.69 Å². The van der Waals surface area contributed by atoms with E-state index in [1.54, 1.807) is 36.4 Å². The van der Waals surface area contributed by atoms with Crippen LogP contribution >= 0.6 is 0 Å². The number of nitro benzene ring substituents is 1. The molecule has 0 saturated carbocycles. The molecular formula is C22H18FN3O4. The Morgan fingerprint density at radius 2 is 1.63 bits per heavy atom.